The Labute approximate surface area is 118 Å². The Bertz CT molecular complexity index is 619. The lowest BCUT2D eigenvalue weighted by atomic mass is 9.96. The molecule has 0 aromatic carbocycles. The number of aromatic nitrogens is 3. The average molecular weight is 272 g/mol. The van der Waals surface area contributed by atoms with Crippen LogP contribution in [0.15, 0.2) is 18.2 Å². The molecule has 1 fully saturated rings. The van der Waals surface area contributed by atoms with E-state index in [4.69, 9.17) is 0 Å². The summed E-state index contributed by atoms with van der Waals surface area (Å²) in [6, 6.07) is 6.06. The number of carbonyl (C=O) groups excluding carboxylic acids is 1. The fourth-order valence-corrected chi connectivity index (χ4v) is 2.89. The van der Waals surface area contributed by atoms with E-state index in [-0.39, 0.29) is 0 Å². The average Bonchev–Trinajstić information content (AvgIpc) is 2.91. The molecular formula is C15H20N4O. The summed E-state index contributed by atoms with van der Waals surface area (Å²) in [4.78, 5) is 18.1. The molecule has 3 rings (SSSR count). The number of nitrogens with zero attached hydrogens (tertiary/aromatic N) is 4. The van der Waals surface area contributed by atoms with Crippen molar-refractivity contribution in [3.8, 4) is 0 Å². The van der Waals surface area contributed by atoms with Gasteiger partial charge in [0.05, 0.1) is 0 Å². The van der Waals surface area contributed by atoms with E-state index in [1.807, 2.05) is 12.1 Å². The van der Waals surface area contributed by atoms with Crippen LogP contribution < -0.4 is 0 Å². The Balaban J connectivity index is 1.92. The Morgan fingerprint density at radius 3 is 3.00 bits per heavy atom. The molecule has 1 aliphatic rings. The third-order valence-electron chi connectivity index (χ3n) is 4.07. The van der Waals surface area contributed by atoms with Crippen LogP contribution in [0.25, 0.3) is 5.65 Å². The zero-order chi connectivity index (χ0) is 14.1. The lowest BCUT2D eigenvalue weighted by molar-refractivity contribution is 0.111. The Morgan fingerprint density at radius 1 is 1.40 bits per heavy atom. The molecule has 0 radical (unpaired) electrons. The second kappa shape index (κ2) is 5.32. The fourth-order valence-electron chi connectivity index (χ4n) is 2.89. The molecular weight excluding hydrogens is 252 g/mol. The minimum Gasteiger partial charge on any atom is -0.300 e. The molecule has 1 atom stereocenters. The minimum atomic E-state index is 0.366. The maximum atomic E-state index is 11.1. The van der Waals surface area contributed by atoms with Crippen LogP contribution in [-0.4, -0.2) is 44.9 Å². The van der Waals surface area contributed by atoms with Gasteiger partial charge in [0.15, 0.2) is 17.8 Å². The van der Waals surface area contributed by atoms with Gasteiger partial charge in [0.1, 0.15) is 5.69 Å². The van der Waals surface area contributed by atoms with Gasteiger partial charge < -0.3 is 4.90 Å². The summed E-state index contributed by atoms with van der Waals surface area (Å²) in [5.74, 6) is 1.23. The van der Waals surface area contributed by atoms with E-state index in [0.29, 0.717) is 17.7 Å². The molecule has 2 aromatic heterocycles. The smallest absolute Gasteiger partial charge is 0.168 e. The molecule has 0 bridgehead atoms. The molecule has 1 unspecified atom stereocenters. The first-order valence-electron chi connectivity index (χ1n) is 7.24. The zero-order valence-electron chi connectivity index (χ0n) is 12.0. The van der Waals surface area contributed by atoms with Gasteiger partial charge in [0.25, 0.3) is 0 Å². The van der Waals surface area contributed by atoms with E-state index in [2.05, 4.69) is 28.8 Å². The highest BCUT2D eigenvalue weighted by molar-refractivity contribution is 5.73. The van der Waals surface area contributed by atoms with Crippen molar-refractivity contribution in [2.75, 3.05) is 13.1 Å². The number of pyridine rings is 1. The SMILES string of the molecule is CC(C)N1CCCC(c2nc3cccc(C=O)n3n2)C1. The lowest BCUT2D eigenvalue weighted by Crippen LogP contribution is -2.39. The summed E-state index contributed by atoms with van der Waals surface area (Å²) in [6.07, 6.45) is 3.13. The molecule has 1 saturated heterocycles. The lowest BCUT2D eigenvalue weighted by Gasteiger charge is -2.34. The van der Waals surface area contributed by atoms with Crippen molar-refractivity contribution in [3.05, 3.63) is 29.7 Å². The van der Waals surface area contributed by atoms with Crippen molar-refractivity contribution in [2.45, 2.75) is 38.6 Å². The van der Waals surface area contributed by atoms with E-state index in [1.165, 1.54) is 6.42 Å². The molecule has 1 aliphatic heterocycles. The van der Waals surface area contributed by atoms with Crippen molar-refractivity contribution in [2.24, 2.45) is 0 Å². The monoisotopic (exact) mass is 272 g/mol. The molecule has 0 spiro atoms. The second-order valence-corrected chi connectivity index (χ2v) is 5.74. The van der Waals surface area contributed by atoms with Crippen LogP contribution >= 0.6 is 0 Å². The summed E-state index contributed by atoms with van der Waals surface area (Å²) in [6.45, 7) is 6.61. The third kappa shape index (κ3) is 2.33. The van der Waals surface area contributed by atoms with Crippen molar-refractivity contribution >= 4 is 11.9 Å². The zero-order valence-corrected chi connectivity index (χ0v) is 12.0. The van der Waals surface area contributed by atoms with Gasteiger partial charge in [0, 0.05) is 18.5 Å². The molecule has 3 heterocycles. The molecule has 5 nitrogen and oxygen atoms in total. The number of fused-ring (bicyclic) bond motifs is 1. The van der Waals surface area contributed by atoms with Crippen LogP contribution in [0.2, 0.25) is 0 Å². The predicted octanol–water partition coefficient (Wildman–Crippen LogP) is 2.13. The van der Waals surface area contributed by atoms with E-state index in [9.17, 15) is 4.79 Å². The van der Waals surface area contributed by atoms with Gasteiger partial charge in [-0.05, 0) is 45.4 Å². The Hall–Kier alpha value is -1.75. The summed E-state index contributed by atoms with van der Waals surface area (Å²) in [5.41, 5.74) is 1.31. The van der Waals surface area contributed by atoms with Crippen LogP contribution in [0.4, 0.5) is 0 Å². The first-order chi connectivity index (χ1) is 9.69. The first kappa shape index (κ1) is 13.2. The predicted molar refractivity (Wildman–Crippen MR) is 77.1 cm³/mol. The Kier molecular flexibility index (Phi) is 3.53. The number of likely N-dealkylation sites (tertiary alicyclic amines) is 1. The maximum absolute atomic E-state index is 11.1. The molecule has 2 aromatic rings. The topological polar surface area (TPSA) is 50.5 Å². The number of carbonyl (C=O) groups is 1. The number of hydrogen-bond acceptors (Lipinski definition) is 4. The molecule has 0 N–H and O–H groups in total. The molecule has 0 aliphatic carbocycles. The highest BCUT2D eigenvalue weighted by Crippen LogP contribution is 2.26. The van der Waals surface area contributed by atoms with Gasteiger partial charge in [-0.2, -0.15) is 5.10 Å². The second-order valence-electron chi connectivity index (χ2n) is 5.74. The standard InChI is InChI=1S/C15H20N4O/c1-11(2)18-8-4-5-12(9-18)15-16-14-7-3-6-13(10-20)19(14)17-15/h3,6-7,10-12H,4-5,8-9H2,1-2H3. The van der Waals surface area contributed by atoms with E-state index >= 15 is 0 Å². The van der Waals surface area contributed by atoms with Gasteiger partial charge in [-0.3, -0.25) is 4.79 Å². The summed E-state index contributed by atoms with van der Waals surface area (Å²) >= 11 is 0. The van der Waals surface area contributed by atoms with Gasteiger partial charge in [-0.15, -0.1) is 0 Å². The largest absolute Gasteiger partial charge is 0.300 e. The number of hydrogen-bond donors (Lipinski definition) is 0. The van der Waals surface area contributed by atoms with Gasteiger partial charge in [0.2, 0.25) is 0 Å². The molecule has 5 heteroatoms. The molecule has 20 heavy (non-hydrogen) atoms. The third-order valence-corrected chi connectivity index (χ3v) is 4.07. The van der Waals surface area contributed by atoms with E-state index in [0.717, 1.165) is 37.3 Å². The Morgan fingerprint density at radius 2 is 2.25 bits per heavy atom. The van der Waals surface area contributed by atoms with Crippen LogP contribution in [0, 0.1) is 0 Å². The molecule has 106 valence electrons. The van der Waals surface area contributed by atoms with Gasteiger partial charge in [-0.25, -0.2) is 9.50 Å². The summed E-state index contributed by atoms with van der Waals surface area (Å²) in [7, 11) is 0. The highest BCUT2D eigenvalue weighted by atomic mass is 16.1. The number of aldehydes is 1. The fraction of sp³-hybridized carbons (Fsp3) is 0.533. The van der Waals surface area contributed by atoms with Crippen LogP contribution in [0.5, 0.6) is 0 Å². The van der Waals surface area contributed by atoms with E-state index < -0.39 is 0 Å². The van der Waals surface area contributed by atoms with Crippen LogP contribution in [0.3, 0.4) is 0 Å². The van der Waals surface area contributed by atoms with Gasteiger partial charge in [-0.1, -0.05) is 6.07 Å². The molecule has 0 amide bonds. The quantitative estimate of drug-likeness (QED) is 0.803. The van der Waals surface area contributed by atoms with Crippen molar-refractivity contribution in [3.63, 3.8) is 0 Å². The maximum Gasteiger partial charge on any atom is 0.168 e. The van der Waals surface area contributed by atoms with Crippen LogP contribution in [0.1, 0.15) is 48.9 Å². The minimum absolute atomic E-state index is 0.366. The van der Waals surface area contributed by atoms with Crippen molar-refractivity contribution < 1.29 is 4.79 Å². The molecule has 0 saturated carbocycles. The first-order valence-corrected chi connectivity index (χ1v) is 7.24. The van der Waals surface area contributed by atoms with E-state index in [1.54, 1.807) is 10.6 Å². The van der Waals surface area contributed by atoms with Gasteiger partial charge >= 0.3 is 0 Å². The van der Waals surface area contributed by atoms with Crippen molar-refractivity contribution in [1.29, 1.82) is 0 Å². The summed E-state index contributed by atoms with van der Waals surface area (Å²) in [5, 5.41) is 4.55. The normalized spacial score (nSPS) is 20.6. The number of rotatable bonds is 3. The number of piperidine rings is 1. The highest BCUT2D eigenvalue weighted by Gasteiger charge is 2.26. The van der Waals surface area contributed by atoms with Crippen molar-refractivity contribution in [1.82, 2.24) is 19.5 Å². The van der Waals surface area contributed by atoms with Crippen LogP contribution in [-0.2, 0) is 0 Å². The summed E-state index contributed by atoms with van der Waals surface area (Å²) < 4.78 is 1.65.